The van der Waals surface area contributed by atoms with Crippen LogP contribution in [0.2, 0.25) is 0 Å². The SMILES string of the molecule is Cn1ncc2c(NCC3CCN(c4ccccc4)C3)ncnc21. The summed E-state index contributed by atoms with van der Waals surface area (Å²) in [6.45, 7) is 3.12. The minimum Gasteiger partial charge on any atom is -0.371 e. The number of anilines is 2. The monoisotopic (exact) mass is 308 g/mol. The van der Waals surface area contributed by atoms with Crippen molar-refractivity contribution in [3.05, 3.63) is 42.9 Å². The van der Waals surface area contributed by atoms with Crippen molar-refractivity contribution in [2.75, 3.05) is 29.9 Å². The molecule has 1 fully saturated rings. The van der Waals surface area contributed by atoms with E-state index >= 15 is 0 Å². The fraction of sp³-hybridized carbons (Fsp3) is 0.353. The van der Waals surface area contributed by atoms with Crippen LogP contribution in [0.15, 0.2) is 42.9 Å². The number of hydrogen-bond donors (Lipinski definition) is 1. The van der Waals surface area contributed by atoms with E-state index in [0.717, 1.165) is 36.5 Å². The molecule has 0 spiro atoms. The smallest absolute Gasteiger partial charge is 0.163 e. The largest absolute Gasteiger partial charge is 0.371 e. The number of rotatable bonds is 4. The van der Waals surface area contributed by atoms with Gasteiger partial charge in [0, 0.05) is 32.4 Å². The number of aryl methyl sites for hydroxylation is 1. The van der Waals surface area contributed by atoms with Gasteiger partial charge in [0.25, 0.3) is 0 Å². The molecular formula is C17H20N6. The Balaban J connectivity index is 1.42. The standard InChI is InChI=1S/C17H20N6/c1-22-17-15(10-21-22)16(19-12-20-17)18-9-13-7-8-23(11-13)14-5-3-2-4-6-14/h2-6,10,12-13H,7-9,11H2,1H3,(H,18,19,20). The highest BCUT2D eigenvalue weighted by atomic mass is 15.3. The Morgan fingerprint density at radius 2 is 2.09 bits per heavy atom. The van der Waals surface area contributed by atoms with Crippen LogP contribution in [0, 0.1) is 5.92 Å². The molecule has 1 unspecified atom stereocenters. The summed E-state index contributed by atoms with van der Waals surface area (Å²) in [5, 5.41) is 8.72. The second kappa shape index (κ2) is 5.87. The van der Waals surface area contributed by atoms with Gasteiger partial charge in [0.05, 0.1) is 11.6 Å². The number of hydrogen-bond acceptors (Lipinski definition) is 5. The Bertz CT molecular complexity index is 797. The van der Waals surface area contributed by atoms with Crippen molar-refractivity contribution in [1.82, 2.24) is 19.7 Å². The van der Waals surface area contributed by atoms with Crippen LogP contribution in [0.3, 0.4) is 0 Å². The summed E-state index contributed by atoms with van der Waals surface area (Å²) in [5.74, 6) is 1.50. The van der Waals surface area contributed by atoms with Gasteiger partial charge in [-0.2, -0.15) is 5.10 Å². The van der Waals surface area contributed by atoms with Crippen LogP contribution in [0.1, 0.15) is 6.42 Å². The third-order valence-corrected chi connectivity index (χ3v) is 4.49. The fourth-order valence-electron chi connectivity index (χ4n) is 3.22. The highest BCUT2D eigenvalue weighted by Crippen LogP contribution is 2.24. The lowest BCUT2D eigenvalue weighted by Gasteiger charge is -2.18. The zero-order chi connectivity index (χ0) is 15.6. The molecule has 1 aliphatic heterocycles. The summed E-state index contributed by atoms with van der Waals surface area (Å²) in [7, 11) is 1.90. The number of nitrogens with zero attached hydrogens (tertiary/aromatic N) is 5. The molecule has 1 atom stereocenters. The molecule has 6 heteroatoms. The van der Waals surface area contributed by atoms with E-state index in [0.29, 0.717) is 5.92 Å². The van der Waals surface area contributed by atoms with Crippen LogP contribution >= 0.6 is 0 Å². The van der Waals surface area contributed by atoms with Crippen molar-refractivity contribution in [3.63, 3.8) is 0 Å². The Kier molecular flexibility index (Phi) is 3.57. The molecule has 3 heterocycles. The predicted molar refractivity (Wildman–Crippen MR) is 91.6 cm³/mol. The maximum atomic E-state index is 4.37. The van der Waals surface area contributed by atoms with Gasteiger partial charge in [0.1, 0.15) is 12.1 Å². The van der Waals surface area contributed by atoms with Gasteiger partial charge in [-0.15, -0.1) is 0 Å². The third kappa shape index (κ3) is 2.72. The Labute approximate surface area is 135 Å². The lowest BCUT2D eigenvalue weighted by atomic mass is 10.1. The number of para-hydroxylation sites is 1. The van der Waals surface area contributed by atoms with E-state index in [9.17, 15) is 0 Å². The minimum atomic E-state index is 0.622. The molecule has 1 saturated heterocycles. The van der Waals surface area contributed by atoms with Crippen LogP contribution in [0.4, 0.5) is 11.5 Å². The summed E-state index contributed by atoms with van der Waals surface area (Å²) in [6.07, 6.45) is 4.61. The first-order valence-corrected chi connectivity index (χ1v) is 7.98. The molecule has 6 nitrogen and oxygen atoms in total. The van der Waals surface area contributed by atoms with E-state index < -0.39 is 0 Å². The molecule has 0 bridgehead atoms. The van der Waals surface area contributed by atoms with Gasteiger partial charge in [0.2, 0.25) is 0 Å². The summed E-state index contributed by atoms with van der Waals surface area (Å²) in [6, 6.07) is 10.6. The molecule has 3 aromatic rings. The second-order valence-electron chi connectivity index (χ2n) is 6.04. The lowest BCUT2D eigenvalue weighted by Crippen LogP contribution is -2.22. The van der Waals surface area contributed by atoms with Gasteiger partial charge in [0.15, 0.2) is 5.65 Å². The normalized spacial score (nSPS) is 17.8. The number of fused-ring (bicyclic) bond motifs is 1. The van der Waals surface area contributed by atoms with Gasteiger partial charge < -0.3 is 10.2 Å². The van der Waals surface area contributed by atoms with E-state index in [-0.39, 0.29) is 0 Å². The summed E-state index contributed by atoms with van der Waals surface area (Å²) < 4.78 is 1.77. The summed E-state index contributed by atoms with van der Waals surface area (Å²) in [5.41, 5.74) is 2.17. The number of benzene rings is 1. The Hall–Kier alpha value is -2.63. The van der Waals surface area contributed by atoms with Crippen LogP contribution in [-0.4, -0.2) is 39.4 Å². The molecule has 1 aliphatic rings. The van der Waals surface area contributed by atoms with E-state index in [4.69, 9.17) is 0 Å². The van der Waals surface area contributed by atoms with E-state index in [1.807, 2.05) is 13.2 Å². The van der Waals surface area contributed by atoms with Crippen molar-refractivity contribution in [2.24, 2.45) is 13.0 Å². The second-order valence-corrected chi connectivity index (χ2v) is 6.04. The van der Waals surface area contributed by atoms with Crippen molar-refractivity contribution < 1.29 is 0 Å². The maximum Gasteiger partial charge on any atom is 0.163 e. The van der Waals surface area contributed by atoms with Gasteiger partial charge in [-0.05, 0) is 24.5 Å². The molecule has 0 radical (unpaired) electrons. The zero-order valence-corrected chi connectivity index (χ0v) is 13.2. The molecule has 118 valence electrons. The number of nitrogens with one attached hydrogen (secondary N) is 1. The van der Waals surface area contributed by atoms with Gasteiger partial charge in [-0.1, -0.05) is 18.2 Å². The number of aromatic nitrogens is 4. The van der Waals surface area contributed by atoms with E-state index in [1.54, 1.807) is 11.0 Å². The molecule has 0 amide bonds. The first kappa shape index (κ1) is 14.0. The summed E-state index contributed by atoms with van der Waals surface area (Å²) in [4.78, 5) is 11.1. The molecule has 0 saturated carbocycles. The van der Waals surface area contributed by atoms with Gasteiger partial charge in [-0.25, -0.2) is 9.97 Å². The predicted octanol–water partition coefficient (Wildman–Crippen LogP) is 2.30. The summed E-state index contributed by atoms with van der Waals surface area (Å²) >= 11 is 0. The molecule has 4 rings (SSSR count). The molecule has 0 aliphatic carbocycles. The average molecular weight is 308 g/mol. The zero-order valence-electron chi connectivity index (χ0n) is 13.2. The van der Waals surface area contributed by atoms with Crippen LogP contribution in [0.25, 0.3) is 11.0 Å². The third-order valence-electron chi connectivity index (χ3n) is 4.49. The Morgan fingerprint density at radius 3 is 2.96 bits per heavy atom. The molecule has 23 heavy (non-hydrogen) atoms. The molecular weight excluding hydrogens is 288 g/mol. The lowest BCUT2D eigenvalue weighted by molar-refractivity contribution is 0.621. The quantitative estimate of drug-likeness (QED) is 0.801. The van der Waals surface area contributed by atoms with Crippen LogP contribution < -0.4 is 10.2 Å². The van der Waals surface area contributed by atoms with E-state index in [2.05, 4.69) is 55.6 Å². The minimum absolute atomic E-state index is 0.622. The maximum absolute atomic E-state index is 4.37. The van der Waals surface area contributed by atoms with E-state index in [1.165, 1.54) is 12.1 Å². The van der Waals surface area contributed by atoms with Crippen molar-refractivity contribution in [2.45, 2.75) is 6.42 Å². The molecule has 1 aromatic carbocycles. The van der Waals surface area contributed by atoms with Crippen LogP contribution in [-0.2, 0) is 7.05 Å². The van der Waals surface area contributed by atoms with Gasteiger partial charge in [-0.3, -0.25) is 4.68 Å². The van der Waals surface area contributed by atoms with Crippen molar-refractivity contribution in [3.8, 4) is 0 Å². The van der Waals surface area contributed by atoms with Gasteiger partial charge >= 0.3 is 0 Å². The fourth-order valence-corrected chi connectivity index (χ4v) is 3.22. The first-order valence-electron chi connectivity index (χ1n) is 7.98. The average Bonchev–Trinajstić information content (AvgIpc) is 3.22. The Morgan fingerprint density at radius 1 is 1.22 bits per heavy atom. The first-order chi connectivity index (χ1) is 11.3. The van der Waals surface area contributed by atoms with Crippen molar-refractivity contribution >= 4 is 22.5 Å². The van der Waals surface area contributed by atoms with Crippen molar-refractivity contribution in [1.29, 1.82) is 0 Å². The molecule has 2 aromatic heterocycles. The highest BCUT2D eigenvalue weighted by molar-refractivity contribution is 5.85. The molecule has 1 N–H and O–H groups in total. The van der Waals surface area contributed by atoms with Crippen LogP contribution in [0.5, 0.6) is 0 Å². The topological polar surface area (TPSA) is 58.9 Å². The highest BCUT2D eigenvalue weighted by Gasteiger charge is 2.22.